The zero-order valence-electron chi connectivity index (χ0n) is 16.1. The summed E-state index contributed by atoms with van der Waals surface area (Å²) in [5.74, 6) is -0.968. The Morgan fingerprint density at radius 2 is 1.57 bits per heavy atom. The summed E-state index contributed by atoms with van der Waals surface area (Å²) in [6.45, 7) is 4.32. The number of aromatic carboxylic acids is 1. The first-order chi connectivity index (χ1) is 13.3. The van der Waals surface area contributed by atoms with Crippen LogP contribution in [0.1, 0.15) is 34.6 Å². The lowest BCUT2D eigenvalue weighted by Gasteiger charge is -2.11. The Balaban J connectivity index is 2.02. The van der Waals surface area contributed by atoms with Crippen molar-refractivity contribution < 1.29 is 24.2 Å². The van der Waals surface area contributed by atoms with Crippen LogP contribution in [-0.2, 0) is 4.79 Å². The lowest BCUT2D eigenvalue weighted by atomic mass is 10.0. The Morgan fingerprint density at radius 3 is 2.14 bits per heavy atom. The highest BCUT2D eigenvalue weighted by Crippen LogP contribution is 2.31. The standard InChI is InChI=1S/C21H24N2O5/c1-13(2)19(24)22-10-11-23-20(25)15-6-4-14(5-7-15)17-9-8-16(21(26)27)12-18(17)28-3/h4-9,12-13H,10-11H2,1-3H3,(H,22,24)(H,23,25)(H,26,27). The maximum absolute atomic E-state index is 12.2. The molecule has 0 atom stereocenters. The second-order valence-corrected chi connectivity index (χ2v) is 6.50. The molecule has 3 N–H and O–H groups in total. The summed E-state index contributed by atoms with van der Waals surface area (Å²) in [6, 6.07) is 11.6. The molecule has 28 heavy (non-hydrogen) atoms. The summed E-state index contributed by atoms with van der Waals surface area (Å²) in [4.78, 5) is 34.8. The molecule has 0 aromatic heterocycles. The van der Waals surface area contributed by atoms with E-state index in [2.05, 4.69) is 10.6 Å². The molecule has 7 nitrogen and oxygen atoms in total. The molecule has 0 spiro atoms. The highest BCUT2D eigenvalue weighted by Gasteiger charge is 2.12. The van der Waals surface area contributed by atoms with E-state index >= 15 is 0 Å². The van der Waals surface area contributed by atoms with Crippen molar-refractivity contribution in [1.82, 2.24) is 10.6 Å². The van der Waals surface area contributed by atoms with E-state index in [1.807, 2.05) is 0 Å². The van der Waals surface area contributed by atoms with Crippen LogP contribution in [0.25, 0.3) is 11.1 Å². The van der Waals surface area contributed by atoms with Crippen LogP contribution in [0.5, 0.6) is 5.75 Å². The van der Waals surface area contributed by atoms with Gasteiger partial charge in [-0.3, -0.25) is 9.59 Å². The number of carboxylic acids is 1. The van der Waals surface area contributed by atoms with Crippen molar-refractivity contribution in [3.05, 3.63) is 53.6 Å². The average molecular weight is 384 g/mol. The van der Waals surface area contributed by atoms with E-state index in [0.717, 1.165) is 11.1 Å². The monoisotopic (exact) mass is 384 g/mol. The van der Waals surface area contributed by atoms with Gasteiger partial charge in [0.2, 0.25) is 5.91 Å². The summed E-state index contributed by atoms with van der Waals surface area (Å²) >= 11 is 0. The second-order valence-electron chi connectivity index (χ2n) is 6.50. The topological polar surface area (TPSA) is 105 Å². The van der Waals surface area contributed by atoms with E-state index < -0.39 is 5.97 Å². The van der Waals surface area contributed by atoms with Crippen molar-refractivity contribution in [1.29, 1.82) is 0 Å². The van der Waals surface area contributed by atoms with Crippen LogP contribution in [0, 0.1) is 5.92 Å². The lowest BCUT2D eigenvalue weighted by molar-refractivity contribution is -0.123. The number of amides is 2. The molecule has 0 bridgehead atoms. The van der Waals surface area contributed by atoms with E-state index in [9.17, 15) is 14.4 Å². The SMILES string of the molecule is COc1cc(C(=O)O)ccc1-c1ccc(C(=O)NCCNC(=O)C(C)C)cc1. The smallest absolute Gasteiger partial charge is 0.335 e. The first kappa shape index (κ1) is 21.0. The van der Waals surface area contributed by atoms with Crippen LogP contribution in [0.2, 0.25) is 0 Å². The maximum atomic E-state index is 12.2. The van der Waals surface area contributed by atoms with Crippen LogP contribution >= 0.6 is 0 Å². The van der Waals surface area contributed by atoms with E-state index in [1.54, 1.807) is 44.2 Å². The van der Waals surface area contributed by atoms with Gasteiger partial charge in [-0.2, -0.15) is 0 Å². The second kappa shape index (κ2) is 9.55. The van der Waals surface area contributed by atoms with Crippen LogP contribution < -0.4 is 15.4 Å². The molecule has 0 saturated heterocycles. The van der Waals surface area contributed by atoms with Crippen molar-refractivity contribution >= 4 is 17.8 Å². The minimum atomic E-state index is -1.03. The zero-order chi connectivity index (χ0) is 20.7. The number of carbonyl (C=O) groups is 3. The molecule has 0 heterocycles. The molecule has 7 heteroatoms. The van der Waals surface area contributed by atoms with Gasteiger partial charge in [-0.1, -0.05) is 26.0 Å². The van der Waals surface area contributed by atoms with Gasteiger partial charge in [-0.25, -0.2) is 4.79 Å². The van der Waals surface area contributed by atoms with E-state index in [1.165, 1.54) is 19.2 Å². The molecule has 2 aromatic carbocycles. The van der Waals surface area contributed by atoms with Gasteiger partial charge in [0.05, 0.1) is 12.7 Å². The number of carbonyl (C=O) groups excluding carboxylic acids is 2. The van der Waals surface area contributed by atoms with Crippen molar-refractivity contribution in [3.63, 3.8) is 0 Å². The zero-order valence-corrected chi connectivity index (χ0v) is 16.1. The summed E-state index contributed by atoms with van der Waals surface area (Å²) in [7, 11) is 1.48. The molecule has 0 unspecified atom stereocenters. The quantitative estimate of drug-likeness (QED) is 0.607. The van der Waals surface area contributed by atoms with Gasteiger partial charge in [0.1, 0.15) is 5.75 Å². The molecular formula is C21H24N2O5. The van der Waals surface area contributed by atoms with E-state index in [-0.39, 0.29) is 23.3 Å². The molecule has 0 fully saturated rings. The number of nitrogens with one attached hydrogen (secondary N) is 2. The van der Waals surface area contributed by atoms with Crippen LogP contribution in [-0.4, -0.2) is 43.1 Å². The largest absolute Gasteiger partial charge is 0.496 e. The van der Waals surface area contributed by atoms with Gasteiger partial charge in [0, 0.05) is 30.1 Å². The Morgan fingerprint density at radius 1 is 0.964 bits per heavy atom. The number of rotatable bonds is 8. The minimum Gasteiger partial charge on any atom is -0.496 e. The molecule has 2 rings (SSSR count). The third-order valence-electron chi connectivity index (χ3n) is 4.14. The number of ether oxygens (including phenoxy) is 1. The molecule has 2 amide bonds. The van der Waals surface area contributed by atoms with Crippen molar-refractivity contribution in [2.24, 2.45) is 5.92 Å². The predicted octanol–water partition coefficient (Wildman–Crippen LogP) is 2.56. The predicted molar refractivity (Wildman–Crippen MR) is 106 cm³/mol. The van der Waals surface area contributed by atoms with Gasteiger partial charge in [0.25, 0.3) is 5.91 Å². The summed E-state index contributed by atoms with van der Waals surface area (Å²) in [6.07, 6.45) is 0. The van der Waals surface area contributed by atoms with Crippen molar-refractivity contribution in [3.8, 4) is 16.9 Å². The van der Waals surface area contributed by atoms with E-state index in [0.29, 0.717) is 24.4 Å². The molecule has 0 saturated carbocycles. The third kappa shape index (κ3) is 5.33. The summed E-state index contributed by atoms with van der Waals surface area (Å²) < 4.78 is 5.29. The van der Waals surface area contributed by atoms with Gasteiger partial charge in [0.15, 0.2) is 0 Å². The van der Waals surface area contributed by atoms with Crippen molar-refractivity contribution in [2.45, 2.75) is 13.8 Å². The number of benzene rings is 2. The normalized spacial score (nSPS) is 10.4. The Labute approximate surface area is 163 Å². The Kier molecular flexibility index (Phi) is 7.14. The van der Waals surface area contributed by atoms with Gasteiger partial charge >= 0.3 is 5.97 Å². The van der Waals surface area contributed by atoms with Crippen LogP contribution in [0.4, 0.5) is 0 Å². The summed E-state index contributed by atoms with van der Waals surface area (Å²) in [5, 5.41) is 14.6. The van der Waals surface area contributed by atoms with Gasteiger partial charge < -0.3 is 20.5 Å². The highest BCUT2D eigenvalue weighted by molar-refractivity contribution is 5.95. The molecule has 148 valence electrons. The first-order valence-corrected chi connectivity index (χ1v) is 8.91. The number of hydrogen-bond acceptors (Lipinski definition) is 4. The Bertz CT molecular complexity index is 860. The fourth-order valence-electron chi connectivity index (χ4n) is 2.53. The molecule has 0 aliphatic heterocycles. The summed E-state index contributed by atoms with van der Waals surface area (Å²) in [5.41, 5.74) is 2.16. The number of carboxylic acid groups (broad SMARTS) is 1. The first-order valence-electron chi connectivity index (χ1n) is 8.91. The lowest BCUT2D eigenvalue weighted by Crippen LogP contribution is -2.36. The van der Waals surface area contributed by atoms with Crippen molar-refractivity contribution in [2.75, 3.05) is 20.2 Å². The van der Waals surface area contributed by atoms with Gasteiger partial charge in [-0.15, -0.1) is 0 Å². The number of methoxy groups -OCH3 is 1. The average Bonchev–Trinajstić information content (AvgIpc) is 2.70. The molecule has 2 aromatic rings. The Hall–Kier alpha value is -3.35. The fourth-order valence-corrected chi connectivity index (χ4v) is 2.53. The van der Waals surface area contributed by atoms with Gasteiger partial charge in [-0.05, 0) is 35.9 Å². The maximum Gasteiger partial charge on any atom is 0.335 e. The number of hydrogen-bond donors (Lipinski definition) is 3. The van der Waals surface area contributed by atoms with Crippen LogP contribution in [0.15, 0.2) is 42.5 Å². The molecule has 0 aliphatic carbocycles. The third-order valence-corrected chi connectivity index (χ3v) is 4.14. The fraction of sp³-hybridized carbons (Fsp3) is 0.286. The van der Waals surface area contributed by atoms with E-state index in [4.69, 9.17) is 9.84 Å². The molecule has 0 radical (unpaired) electrons. The highest BCUT2D eigenvalue weighted by atomic mass is 16.5. The van der Waals surface area contributed by atoms with Crippen LogP contribution in [0.3, 0.4) is 0 Å². The molecule has 0 aliphatic rings. The minimum absolute atomic E-state index is 0.0542. The molecular weight excluding hydrogens is 360 g/mol.